The number of hydrogen-bond acceptors (Lipinski definition) is 5. The van der Waals surface area contributed by atoms with Gasteiger partial charge in [-0.25, -0.2) is 9.97 Å². The number of hydrogen-bond donors (Lipinski definition) is 0. The number of carbonyl (C=O) groups is 1. The lowest BCUT2D eigenvalue weighted by Gasteiger charge is -2.32. The average molecular weight is 448 g/mol. The lowest BCUT2D eigenvalue weighted by atomic mass is 10.0. The topological polar surface area (TPSA) is 73.0 Å². The van der Waals surface area contributed by atoms with Gasteiger partial charge in [0.05, 0.1) is 18.0 Å². The number of aromatic nitrogens is 4. The lowest BCUT2D eigenvalue weighted by molar-refractivity contribution is -0.132. The van der Waals surface area contributed by atoms with Gasteiger partial charge in [0, 0.05) is 55.4 Å². The van der Waals surface area contributed by atoms with Crippen LogP contribution in [-0.4, -0.2) is 43.0 Å². The largest absolute Gasteiger partial charge is 0.342 e. The molecule has 8 heteroatoms. The van der Waals surface area contributed by atoms with Crippen LogP contribution in [0.2, 0.25) is 0 Å². The van der Waals surface area contributed by atoms with Gasteiger partial charge in [-0.2, -0.15) is 0 Å². The number of benzene rings is 1. The van der Waals surface area contributed by atoms with Gasteiger partial charge in [0.25, 0.3) is 5.56 Å². The van der Waals surface area contributed by atoms with Crippen LogP contribution in [0.1, 0.15) is 30.9 Å². The number of piperidine rings is 1. The fraction of sp³-hybridized carbons (Fsp3) is 0.333. The Bertz CT molecular complexity index is 1280. The average Bonchev–Trinajstić information content (AvgIpc) is 3.50. The van der Waals surface area contributed by atoms with Gasteiger partial charge in [-0.05, 0) is 25.3 Å². The maximum Gasteiger partial charge on any atom is 0.262 e. The molecule has 7 nitrogen and oxygen atoms in total. The Hall–Kier alpha value is -3.26. The highest BCUT2D eigenvalue weighted by molar-refractivity contribution is 7.17. The molecule has 1 aromatic carbocycles. The van der Waals surface area contributed by atoms with Crippen molar-refractivity contribution in [3.05, 3.63) is 70.6 Å². The van der Waals surface area contributed by atoms with Gasteiger partial charge in [-0.3, -0.25) is 14.2 Å². The number of likely N-dealkylation sites (tertiary alicyclic amines) is 1. The van der Waals surface area contributed by atoms with Gasteiger partial charge in [0.1, 0.15) is 4.83 Å². The van der Waals surface area contributed by atoms with Crippen molar-refractivity contribution in [3.8, 4) is 11.1 Å². The number of amides is 1. The summed E-state index contributed by atoms with van der Waals surface area (Å²) in [5.41, 5.74) is 3.01. The van der Waals surface area contributed by atoms with Crippen molar-refractivity contribution >= 4 is 27.5 Å². The maximum absolute atomic E-state index is 13.2. The number of thiophene rings is 1. The smallest absolute Gasteiger partial charge is 0.262 e. The van der Waals surface area contributed by atoms with Crippen LogP contribution < -0.4 is 5.56 Å². The Balaban J connectivity index is 1.28. The molecule has 32 heavy (non-hydrogen) atoms. The van der Waals surface area contributed by atoms with Crippen molar-refractivity contribution in [1.82, 2.24) is 24.0 Å². The first-order chi connectivity index (χ1) is 15.6. The quantitative estimate of drug-likeness (QED) is 0.465. The summed E-state index contributed by atoms with van der Waals surface area (Å²) in [6, 6.07) is 8.55. The van der Waals surface area contributed by atoms with Crippen LogP contribution in [0.25, 0.3) is 21.3 Å². The van der Waals surface area contributed by atoms with Gasteiger partial charge in [0.2, 0.25) is 5.91 Å². The minimum Gasteiger partial charge on any atom is -0.342 e. The highest BCUT2D eigenvalue weighted by Crippen LogP contribution is 2.30. The molecule has 3 aromatic heterocycles. The van der Waals surface area contributed by atoms with Crippen LogP contribution in [0.4, 0.5) is 0 Å². The number of aryl methyl sites for hydroxylation is 2. The second-order valence-electron chi connectivity index (χ2n) is 8.31. The van der Waals surface area contributed by atoms with Crippen molar-refractivity contribution in [3.63, 3.8) is 0 Å². The third kappa shape index (κ3) is 3.98. The van der Waals surface area contributed by atoms with Crippen LogP contribution in [0.15, 0.2) is 59.5 Å². The second kappa shape index (κ2) is 8.70. The Morgan fingerprint density at radius 2 is 1.94 bits per heavy atom. The zero-order valence-electron chi connectivity index (χ0n) is 18.0. The fourth-order valence-corrected chi connectivity index (χ4v) is 5.25. The molecule has 0 spiro atoms. The van der Waals surface area contributed by atoms with E-state index < -0.39 is 0 Å². The summed E-state index contributed by atoms with van der Waals surface area (Å²) in [5.74, 6) is 0.0881. The number of carbonyl (C=O) groups excluding carboxylic acids is 1. The normalized spacial score (nSPS) is 14.8. The summed E-state index contributed by atoms with van der Waals surface area (Å²) in [7, 11) is 0. The summed E-state index contributed by atoms with van der Waals surface area (Å²) in [6.07, 6.45) is 9.32. The molecule has 0 unspecified atom stereocenters. The third-order valence-corrected chi connectivity index (χ3v) is 7.14. The number of nitrogens with zero attached hydrogens (tertiary/aromatic N) is 5. The van der Waals surface area contributed by atoms with E-state index in [1.54, 1.807) is 17.1 Å². The highest BCUT2D eigenvalue weighted by atomic mass is 32.1. The maximum atomic E-state index is 13.2. The molecule has 0 saturated carbocycles. The molecule has 0 bridgehead atoms. The number of imidazole rings is 1. The minimum atomic E-state index is -0.0848. The summed E-state index contributed by atoms with van der Waals surface area (Å²) in [5, 5.41) is 2.62. The first kappa shape index (κ1) is 20.6. The molecule has 4 heterocycles. The molecule has 164 valence electrons. The van der Waals surface area contributed by atoms with Crippen molar-refractivity contribution in [2.45, 2.75) is 38.8 Å². The first-order valence-electron chi connectivity index (χ1n) is 10.9. The third-order valence-electron chi connectivity index (χ3n) is 6.25. The van der Waals surface area contributed by atoms with E-state index in [1.165, 1.54) is 16.9 Å². The Labute approximate surface area is 190 Å². The summed E-state index contributed by atoms with van der Waals surface area (Å²) >= 11 is 1.48. The zero-order valence-corrected chi connectivity index (χ0v) is 18.8. The summed E-state index contributed by atoms with van der Waals surface area (Å²) in [4.78, 5) is 37.2. The van der Waals surface area contributed by atoms with E-state index in [1.807, 2.05) is 54.0 Å². The van der Waals surface area contributed by atoms with Gasteiger partial charge >= 0.3 is 0 Å². The molecule has 0 atom stereocenters. The molecule has 5 rings (SSSR count). The van der Waals surface area contributed by atoms with Gasteiger partial charge in [0.15, 0.2) is 0 Å². The molecule has 0 aliphatic carbocycles. The van der Waals surface area contributed by atoms with Gasteiger partial charge in [-0.1, -0.05) is 29.8 Å². The zero-order chi connectivity index (χ0) is 22.1. The van der Waals surface area contributed by atoms with Crippen LogP contribution >= 0.6 is 11.3 Å². The van der Waals surface area contributed by atoms with Crippen molar-refractivity contribution in [2.75, 3.05) is 13.1 Å². The van der Waals surface area contributed by atoms with E-state index >= 15 is 0 Å². The van der Waals surface area contributed by atoms with Crippen LogP contribution in [0.3, 0.4) is 0 Å². The number of fused-ring (bicyclic) bond motifs is 1. The van der Waals surface area contributed by atoms with Crippen molar-refractivity contribution in [1.29, 1.82) is 0 Å². The molecule has 1 aliphatic heterocycles. The molecule has 1 amide bonds. The number of rotatable bonds is 5. The predicted octanol–water partition coefficient (Wildman–Crippen LogP) is 3.88. The Kier molecular flexibility index (Phi) is 5.61. The predicted molar refractivity (Wildman–Crippen MR) is 126 cm³/mol. The molecule has 1 aliphatic rings. The van der Waals surface area contributed by atoms with Gasteiger partial charge < -0.3 is 9.47 Å². The SMILES string of the molecule is Cc1ccc(-c2csc3ncn(CCC(=O)N4CCC(n5ccnc5)CC4)c(=O)c23)cc1. The molecule has 0 radical (unpaired) electrons. The van der Waals surface area contributed by atoms with E-state index in [2.05, 4.69) is 14.5 Å². The Morgan fingerprint density at radius 1 is 1.16 bits per heavy atom. The molecular weight excluding hydrogens is 422 g/mol. The van der Waals surface area contributed by atoms with Crippen LogP contribution in [-0.2, 0) is 11.3 Å². The fourth-order valence-electron chi connectivity index (χ4n) is 4.35. The summed E-state index contributed by atoms with van der Waals surface area (Å²) in [6.45, 7) is 3.85. The molecule has 1 saturated heterocycles. The first-order valence-corrected chi connectivity index (χ1v) is 11.8. The Morgan fingerprint density at radius 3 is 2.66 bits per heavy atom. The molecule has 0 N–H and O–H groups in total. The van der Waals surface area contributed by atoms with Crippen LogP contribution in [0, 0.1) is 6.92 Å². The molecular formula is C24H25N5O2S. The molecule has 4 aromatic rings. The monoisotopic (exact) mass is 447 g/mol. The van der Waals surface area contributed by atoms with E-state index in [0.717, 1.165) is 41.9 Å². The van der Waals surface area contributed by atoms with E-state index in [4.69, 9.17) is 0 Å². The van der Waals surface area contributed by atoms with E-state index in [0.29, 0.717) is 24.4 Å². The summed E-state index contributed by atoms with van der Waals surface area (Å²) < 4.78 is 3.69. The van der Waals surface area contributed by atoms with Crippen molar-refractivity contribution < 1.29 is 4.79 Å². The van der Waals surface area contributed by atoms with Crippen molar-refractivity contribution in [2.24, 2.45) is 0 Å². The van der Waals surface area contributed by atoms with E-state index in [-0.39, 0.29) is 11.5 Å². The second-order valence-corrected chi connectivity index (χ2v) is 9.17. The molecule has 1 fully saturated rings. The standard InChI is InChI=1S/C24H25N5O2S/c1-17-2-4-18(5-3-17)20-14-32-23-22(20)24(31)29(16-26-23)12-8-21(30)27-10-6-19(7-11-27)28-13-9-25-15-28/h2-5,9,13-16,19H,6-8,10-12H2,1H3. The van der Waals surface area contributed by atoms with E-state index in [9.17, 15) is 9.59 Å². The van der Waals surface area contributed by atoms with Crippen LogP contribution in [0.5, 0.6) is 0 Å². The highest BCUT2D eigenvalue weighted by Gasteiger charge is 2.23. The van der Waals surface area contributed by atoms with Gasteiger partial charge in [-0.15, -0.1) is 11.3 Å². The minimum absolute atomic E-state index is 0.0848. The lowest BCUT2D eigenvalue weighted by Crippen LogP contribution is -2.39.